The van der Waals surface area contributed by atoms with E-state index in [0.29, 0.717) is 22.0 Å². The number of halogens is 1. The van der Waals surface area contributed by atoms with E-state index in [0.717, 1.165) is 0 Å². The fourth-order valence-electron chi connectivity index (χ4n) is 2.07. The van der Waals surface area contributed by atoms with Crippen molar-refractivity contribution in [2.75, 3.05) is 0 Å². The van der Waals surface area contributed by atoms with Crippen LogP contribution in [0.15, 0.2) is 48.5 Å². The van der Waals surface area contributed by atoms with Gasteiger partial charge in [0.2, 0.25) is 0 Å². The van der Waals surface area contributed by atoms with Gasteiger partial charge in [-0.3, -0.25) is 0 Å². The van der Waals surface area contributed by atoms with Crippen molar-refractivity contribution in [1.29, 1.82) is 0 Å². The molecule has 0 bridgehead atoms. The van der Waals surface area contributed by atoms with E-state index in [-0.39, 0.29) is 11.4 Å². The van der Waals surface area contributed by atoms with Gasteiger partial charge in [0, 0.05) is 10.6 Å². The van der Waals surface area contributed by atoms with Gasteiger partial charge < -0.3 is 10.2 Å². The van der Waals surface area contributed by atoms with Crippen molar-refractivity contribution in [2.24, 2.45) is 0 Å². The van der Waals surface area contributed by atoms with Gasteiger partial charge in [0.1, 0.15) is 11.4 Å². The predicted molar refractivity (Wildman–Crippen MR) is 80.4 cm³/mol. The minimum absolute atomic E-state index is 0.107. The highest BCUT2D eigenvalue weighted by molar-refractivity contribution is 6.30. The molecule has 3 aromatic rings. The summed E-state index contributed by atoms with van der Waals surface area (Å²) in [4.78, 5) is 11.4. The molecular formula is C15H10ClN3O3. The minimum atomic E-state index is -1.17. The summed E-state index contributed by atoms with van der Waals surface area (Å²) in [6.45, 7) is 0. The Morgan fingerprint density at radius 2 is 1.68 bits per heavy atom. The highest BCUT2D eigenvalue weighted by Gasteiger charge is 2.21. The maximum Gasteiger partial charge on any atom is 0.358 e. The lowest BCUT2D eigenvalue weighted by atomic mass is 10.1. The largest absolute Gasteiger partial charge is 0.508 e. The fourth-order valence-corrected chi connectivity index (χ4v) is 2.19. The average molecular weight is 316 g/mol. The number of rotatable bonds is 3. The molecule has 110 valence electrons. The summed E-state index contributed by atoms with van der Waals surface area (Å²) in [6.07, 6.45) is 0. The molecule has 1 aromatic heterocycles. The molecule has 0 saturated heterocycles. The summed E-state index contributed by atoms with van der Waals surface area (Å²) in [5, 5.41) is 26.8. The summed E-state index contributed by atoms with van der Waals surface area (Å²) in [5.74, 6) is -1.06. The van der Waals surface area contributed by atoms with E-state index in [1.54, 1.807) is 36.4 Å². The first-order chi connectivity index (χ1) is 10.6. The van der Waals surface area contributed by atoms with Gasteiger partial charge in [0.15, 0.2) is 5.69 Å². The van der Waals surface area contributed by atoms with Crippen LogP contribution in [0.25, 0.3) is 16.9 Å². The molecule has 7 heteroatoms. The van der Waals surface area contributed by atoms with E-state index in [4.69, 9.17) is 11.6 Å². The first kappa shape index (κ1) is 14.1. The zero-order valence-electron chi connectivity index (χ0n) is 11.1. The van der Waals surface area contributed by atoms with Crippen molar-refractivity contribution in [3.05, 3.63) is 59.2 Å². The first-order valence-corrected chi connectivity index (χ1v) is 6.68. The van der Waals surface area contributed by atoms with Crippen molar-refractivity contribution in [2.45, 2.75) is 0 Å². The van der Waals surface area contributed by atoms with Crippen LogP contribution in [0, 0.1) is 0 Å². The van der Waals surface area contributed by atoms with E-state index in [1.165, 1.54) is 16.8 Å². The number of nitrogens with zero attached hydrogens (tertiary/aromatic N) is 3. The smallest absolute Gasteiger partial charge is 0.358 e. The Morgan fingerprint density at radius 3 is 2.27 bits per heavy atom. The number of hydrogen-bond acceptors (Lipinski definition) is 4. The molecular weight excluding hydrogens is 306 g/mol. The lowest BCUT2D eigenvalue weighted by molar-refractivity contribution is 0.0691. The molecule has 1 heterocycles. The Morgan fingerprint density at radius 1 is 1.05 bits per heavy atom. The van der Waals surface area contributed by atoms with E-state index in [2.05, 4.69) is 10.3 Å². The van der Waals surface area contributed by atoms with Gasteiger partial charge in [0.05, 0.1) is 5.69 Å². The zero-order chi connectivity index (χ0) is 15.7. The number of aromatic hydroxyl groups is 1. The number of aromatic nitrogens is 3. The van der Waals surface area contributed by atoms with Crippen LogP contribution in [0.5, 0.6) is 5.75 Å². The standard InChI is InChI=1S/C15H10ClN3O3/c16-10-3-1-9(2-4-10)14-13(15(21)22)17-18-19(14)11-5-7-12(20)8-6-11/h1-8,20H,(H,21,22). The number of phenolic OH excluding ortho intramolecular Hbond substituents is 1. The number of aromatic carboxylic acids is 1. The lowest BCUT2D eigenvalue weighted by Crippen LogP contribution is -2.03. The third-order valence-electron chi connectivity index (χ3n) is 3.08. The summed E-state index contributed by atoms with van der Waals surface area (Å²) >= 11 is 5.87. The normalized spacial score (nSPS) is 10.6. The quantitative estimate of drug-likeness (QED) is 0.775. The van der Waals surface area contributed by atoms with Gasteiger partial charge in [-0.2, -0.15) is 0 Å². The van der Waals surface area contributed by atoms with Crippen molar-refractivity contribution in [3.8, 4) is 22.7 Å². The second kappa shape index (κ2) is 5.50. The molecule has 0 amide bonds. The van der Waals surface area contributed by atoms with Crippen LogP contribution in [-0.2, 0) is 0 Å². The molecule has 0 aliphatic rings. The molecule has 0 unspecified atom stereocenters. The third-order valence-corrected chi connectivity index (χ3v) is 3.34. The van der Waals surface area contributed by atoms with Crippen molar-refractivity contribution in [1.82, 2.24) is 15.0 Å². The molecule has 3 rings (SSSR count). The van der Waals surface area contributed by atoms with Crippen LogP contribution in [0.2, 0.25) is 5.02 Å². The van der Waals surface area contributed by atoms with Crippen molar-refractivity contribution >= 4 is 17.6 Å². The lowest BCUT2D eigenvalue weighted by Gasteiger charge is -2.07. The van der Waals surface area contributed by atoms with Gasteiger partial charge in [-0.15, -0.1) is 5.10 Å². The Bertz CT molecular complexity index is 826. The summed E-state index contributed by atoms with van der Waals surface area (Å²) in [7, 11) is 0. The fraction of sp³-hybridized carbons (Fsp3) is 0. The Balaban J connectivity index is 2.21. The van der Waals surface area contributed by atoms with Crippen LogP contribution in [0.3, 0.4) is 0 Å². The third kappa shape index (κ3) is 2.51. The van der Waals surface area contributed by atoms with E-state index in [9.17, 15) is 15.0 Å². The van der Waals surface area contributed by atoms with Crippen LogP contribution < -0.4 is 0 Å². The number of carbonyl (C=O) groups is 1. The molecule has 2 aromatic carbocycles. The average Bonchev–Trinajstić information content (AvgIpc) is 2.94. The van der Waals surface area contributed by atoms with E-state index >= 15 is 0 Å². The number of carboxylic acids is 1. The van der Waals surface area contributed by atoms with Gasteiger partial charge >= 0.3 is 5.97 Å². The molecule has 0 saturated carbocycles. The Hall–Kier alpha value is -2.86. The molecule has 2 N–H and O–H groups in total. The van der Waals surface area contributed by atoms with Gasteiger partial charge in [-0.1, -0.05) is 28.9 Å². The second-order valence-corrected chi connectivity index (χ2v) is 4.96. The van der Waals surface area contributed by atoms with E-state index in [1.807, 2.05) is 0 Å². The predicted octanol–water partition coefficient (Wildman–Crippen LogP) is 2.99. The topological polar surface area (TPSA) is 88.2 Å². The van der Waals surface area contributed by atoms with Crippen molar-refractivity contribution < 1.29 is 15.0 Å². The van der Waals surface area contributed by atoms with Gasteiger partial charge in [-0.25, -0.2) is 9.48 Å². The van der Waals surface area contributed by atoms with Crippen LogP contribution >= 0.6 is 11.6 Å². The molecule has 0 radical (unpaired) electrons. The molecule has 0 spiro atoms. The summed E-state index contributed by atoms with van der Waals surface area (Å²) in [6, 6.07) is 12.9. The molecule has 0 fully saturated rings. The highest BCUT2D eigenvalue weighted by Crippen LogP contribution is 2.27. The highest BCUT2D eigenvalue weighted by atomic mass is 35.5. The maximum absolute atomic E-state index is 11.4. The number of benzene rings is 2. The Labute approximate surface area is 130 Å². The molecule has 6 nitrogen and oxygen atoms in total. The van der Waals surface area contributed by atoms with E-state index < -0.39 is 5.97 Å². The summed E-state index contributed by atoms with van der Waals surface area (Å²) < 4.78 is 1.41. The van der Waals surface area contributed by atoms with Crippen molar-refractivity contribution in [3.63, 3.8) is 0 Å². The maximum atomic E-state index is 11.4. The van der Waals surface area contributed by atoms with Crippen LogP contribution in [0.1, 0.15) is 10.5 Å². The first-order valence-electron chi connectivity index (χ1n) is 6.30. The number of carboxylic acid groups (broad SMARTS) is 1. The minimum Gasteiger partial charge on any atom is -0.508 e. The molecule has 0 atom stereocenters. The zero-order valence-corrected chi connectivity index (χ0v) is 11.9. The number of phenols is 1. The van der Waals surface area contributed by atoms with Gasteiger partial charge in [-0.05, 0) is 36.4 Å². The molecule has 22 heavy (non-hydrogen) atoms. The summed E-state index contributed by atoms with van der Waals surface area (Å²) in [5.41, 5.74) is 1.40. The number of hydrogen-bond donors (Lipinski definition) is 2. The molecule has 0 aliphatic carbocycles. The van der Waals surface area contributed by atoms with Crippen LogP contribution in [0.4, 0.5) is 0 Å². The SMILES string of the molecule is O=C(O)c1nnn(-c2ccc(O)cc2)c1-c1ccc(Cl)cc1. The van der Waals surface area contributed by atoms with Crippen LogP contribution in [-0.4, -0.2) is 31.2 Å². The van der Waals surface area contributed by atoms with Gasteiger partial charge in [0.25, 0.3) is 0 Å². The molecule has 0 aliphatic heterocycles. The Kier molecular flexibility index (Phi) is 3.52. The monoisotopic (exact) mass is 315 g/mol. The second-order valence-electron chi connectivity index (χ2n) is 4.53.